The number of hydrogen-bond acceptors (Lipinski definition) is 4. The van der Waals surface area contributed by atoms with Gasteiger partial charge >= 0.3 is 0 Å². The molecule has 0 spiro atoms. The Morgan fingerprint density at radius 2 is 2.62 bits per heavy atom. The summed E-state index contributed by atoms with van der Waals surface area (Å²) in [5.74, 6) is 0. The summed E-state index contributed by atoms with van der Waals surface area (Å²) in [7, 11) is 0. The summed E-state index contributed by atoms with van der Waals surface area (Å²) < 4.78 is 0. The van der Waals surface area contributed by atoms with Gasteiger partial charge in [-0.1, -0.05) is 18.5 Å². The quantitative estimate of drug-likeness (QED) is 0.643. The molecule has 2 heterocycles. The Labute approximate surface area is 82.6 Å². The molecular formula is C8H13ClN4. The van der Waals surface area contributed by atoms with Crippen LogP contribution in [0, 0.1) is 0 Å². The van der Waals surface area contributed by atoms with Crippen LogP contribution in [0.3, 0.4) is 0 Å². The monoisotopic (exact) mass is 200 g/mol. The SMILES string of the molecule is CCCN1CC2=C(Cl)N=CNC2N1. The molecular weight excluding hydrogens is 188 g/mol. The van der Waals surface area contributed by atoms with E-state index in [-0.39, 0.29) is 6.17 Å². The largest absolute Gasteiger partial charge is 0.356 e. The highest BCUT2D eigenvalue weighted by atomic mass is 35.5. The van der Waals surface area contributed by atoms with Crippen LogP contribution in [0.15, 0.2) is 15.7 Å². The maximum Gasteiger partial charge on any atom is 0.134 e. The van der Waals surface area contributed by atoms with Gasteiger partial charge in [0.05, 0.1) is 6.34 Å². The van der Waals surface area contributed by atoms with Crippen molar-refractivity contribution in [2.24, 2.45) is 4.99 Å². The number of hydrazine groups is 1. The fraction of sp³-hybridized carbons (Fsp3) is 0.625. The average molecular weight is 201 g/mol. The van der Waals surface area contributed by atoms with Gasteiger partial charge in [0.15, 0.2) is 0 Å². The van der Waals surface area contributed by atoms with Gasteiger partial charge in [-0.3, -0.25) is 0 Å². The van der Waals surface area contributed by atoms with Crippen molar-refractivity contribution in [1.29, 1.82) is 0 Å². The van der Waals surface area contributed by atoms with Crippen LogP contribution in [0.25, 0.3) is 0 Å². The number of fused-ring (bicyclic) bond motifs is 1. The fourth-order valence-corrected chi connectivity index (χ4v) is 1.81. The Hall–Kier alpha value is -0.580. The lowest BCUT2D eigenvalue weighted by Gasteiger charge is -2.17. The molecule has 4 nitrogen and oxygen atoms in total. The van der Waals surface area contributed by atoms with Gasteiger partial charge in [-0.25, -0.2) is 15.4 Å². The van der Waals surface area contributed by atoms with Crippen molar-refractivity contribution >= 4 is 17.9 Å². The minimum Gasteiger partial charge on any atom is -0.356 e. The average Bonchev–Trinajstić information content (AvgIpc) is 2.49. The number of aliphatic imine (C=N–C) groups is 1. The standard InChI is InChI=1S/C8H13ClN4/c1-2-3-13-4-6-7(9)10-5-11-8(6)12-13/h5,8,12H,2-4H2,1H3,(H,10,11). The molecule has 0 bridgehead atoms. The molecule has 0 aromatic rings. The first-order valence-corrected chi connectivity index (χ1v) is 4.87. The number of nitrogens with one attached hydrogen (secondary N) is 2. The normalized spacial score (nSPS) is 27.7. The number of rotatable bonds is 2. The molecule has 1 saturated heterocycles. The zero-order valence-electron chi connectivity index (χ0n) is 7.55. The van der Waals surface area contributed by atoms with E-state index in [0.29, 0.717) is 5.16 Å². The molecule has 0 aromatic carbocycles. The van der Waals surface area contributed by atoms with Crippen LogP contribution in [0.2, 0.25) is 0 Å². The molecule has 5 heteroatoms. The predicted molar refractivity (Wildman–Crippen MR) is 53.3 cm³/mol. The molecule has 13 heavy (non-hydrogen) atoms. The molecule has 2 N–H and O–H groups in total. The maximum atomic E-state index is 5.96. The number of nitrogens with zero attached hydrogens (tertiary/aromatic N) is 2. The summed E-state index contributed by atoms with van der Waals surface area (Å²) >= 11 is 5.96. The molecule has 0 aliphatic carbocycles. The van der Waals surface area contributed by atoms with Gasteiger partial charge in [-0.15, -0.1) is 0 Å². The van der Waals surface area contributed by atoms with E-state index in [9.17, 15) is 0 Å². The van der Waals surface area contributed by atoms with Crippen molar-refractivity contribution in [3.8, 4) is 0 Å². The number of hydrogen-bond donors (Lipinski definition) is 2. The lowest BCUT2D eigenvalue weighted by molar-refractivity contribution is 0.233. The Balaban J connectivity index is 2.08. The highest BCUT2D eigenvalue weighted by molar-refractivity contribution is 6.30. The summed E-state index contributed by atoms with van der Waals surface area (Å²) in [4.78, 5) is 4.01. The lowest BCUT2D eigenvalue weighted by Crippen LogP contribution is -2.44. The van der Waals surface area contributed by atoms with E-state index in [1.54, 1.807) is 6.34 Å². The zero-order chi connectivity index (χ0) is 9.26. The topological polar surface area (TPSA) is 39.7 Å². The van der Waals surface area contributed by atoms with Gasteiger partial charge < -0.3 is 5.32 Å². The first-order chi connectivity index (χ1) is 6.31. The molecule has 1 unspecified atom stereocenters. The van der Waals surface area contributed by atoms with Crippen LogP contribution < -0.4 is 10.7 Å². The summed E-state index contributed by atoms with van der Waals surface area (Å²) in [5, 5.41) is 5.89. The van der Waals surface area contributed by atoms with Crippen molar-refractivity contribution in [2.75, 3.05) is 13.1 Å². The van der Waals surface area contributed by atoms with E-state index in [2.05, 4.69) is 27.7 Å². The van der Waals surface area contributed by atoms with Crippen molar-refractivity contribution in [2.45, 2.75) is 19.5 Å². The van der Waals surface area contributed by atoms with Gasteiger partial charge in [0.2, 0.25) is 0 Å². The Morgan fingerprint density at radius 3 is 3.31 bits per heavy atom. The Bertz CT molecular complexity index is 261. The van der Waals surface area contributed by atoms with Crippen molar-refractivity contribution in [3.63, 3.8) is 0 Å². The minimum absolute atomic E-state index is 0.150. The molecule has 0 aromatic heterocycles. The summed E-state index contributed by atoms with van der Waals surface area (Å²) in [5.41, 5.74) is 4.45. The molecule has 0 radical (unpaired) electrons. The molecule has 1 atom stereocenters. The predicted octanol–water partition coefficient (Wildman–Crippen LogP) is 0.625. The van der Waals surface area contributed by atoms with Gasteiger partial charge in [0, 0.05) is 18.7 Å². The highest BCUT2D eigenvalue weighted by Gasteiger charge is 2.29. The third-order valence-electron chi connectivity index (χ3n) is 2.20. The van der Waals surface area contributed by atoms with E-state index in [1.165, 1.54) is 0 Å². The van der Waals surface area contributed by atoms with Crippen molar-refractivity contribution in [3.05, 3.63) is 10.7 Å². The minimum atomic E-state index is 0.150. The Morgan fingerprint density at radius 1 is 1.77 bits per heavy atom. The van der Waals surface area contributed by atoms with E-state index in [4.69, 9.17) is 11.6 Å². The van der Waals surface area contributed by atoms with Crippen molar-refractivity contribution in [1.82, 2.24) is 15.8 Å². The first kappa shape index (κ1) is 8.99. The van der Waals surface area contributed by atoms with Crippen LogP contribution in [0.4, 0.5) is 0 Å². The highest BCUT2D eigenvalue weighted by Crippen LogP contribution is 2.21. The van der Waals surface area contributed by atoms with Crippen molar-refractivity contribution < 1.29 is 0 Å². The van der Waals surface area contributed by atoms with Gasteiger partial charge in [-0.2, -0.15) is 0 Å². The smallest absolute Gasteiger partial charge is 0.134 e. The van der Waals surface area contributed by atoms with E-state index < -0.39 is 0 Å². The summed E-state index contributed by atoms with van der Waals surface area (Å²) in [6.07, 6.45) is 2.92. The third-order valence-corrected chi connectivity index (χ3v) is 2.54. The second kappa shape index (κ2) is 3.65. The summed E-state index contributed by atoms with van der Waals surface area (Å²) in [6.45, 7) is 4.05. The van der Waals surface area contributed by atoms with E-state index in [1.807, 2.05) is 0 Å². The molecule has 2 aliphatic heterocycles. The van der Waals surface area contributed by atoms with E-state index >= 15 is 0 Å². The molecule has 2 rings (SSSR count). The molecule has 0 amide bonds. The Kier molecular flexibility index (Phi) is 2.53. The molecule has 1 fully saturated rings. The third kappa shape index (κ3) is 1.70. The van der Waals surface area contributed by atoms with Crippen LogP contribution in [0.1, 0.15) is 13.3 Å². The first-order valence-electron chi connectivity index (χ1n) is 4.49. The van der Waals surface area contributed by atoms with Crippen LogP contribution in [0.5, 0.6) is 0 Å². The molecule has 2 aliphatic rings. The maximum absolute atomic E-state index is 5.96. The summed E-state index contributed by atoms with van der Waals surface area (Å²) in [6, 6.07) is 0. The van der Waals surface area contributed by atoms with Crippen LogP contribution >= 0.6 is 11.6 Å². The second-order valence-corrected chi connectivity index (χ2v) is 3.58. The van der Waals surface area contributed by atoms with Gasteiger partial charge in [0.25, 0.3) is 0 Å². The van der Waals surface area contributed by atoms with Gasteiger partial charge in [0.1, 0.15) is 11.3 Å². The van der Waals surface area contributed by atoms with Crippen LogP contribution in [-0.4, -0.2) is 30.6 Å². The van der Waals surface area contributed by atoms with Gasteiger partial charge in [-0.05, 0) is 6.42 Å². The second-order valence-electron chi connectivity index (χ2n) is 3.22. The fourth-order valence-electron chi connectivity index (χ4n) is 1.59. The zero-order valence-corrected chi connectivity index (χ0v) is 8.30. The molecule has 72 valence electrons. The van der Waals surface area contributed by atoms with Crippen LogP contribution in [-0.2, 0) is 0 Å². The molecule has 0 saturated carbocycles. The number of halogens is 1. The lowest BCUT2D eigenvalue weighted by atomic mass is 10.2. The van der Waals surface area contributed by atoms with E-state index in [0.717, 1.165) is 25.1 Å².